The molecule has 0 bridgehead atoms. The van der Waals surface area contributed by atoms with Gasteiger partial charge in [0.1, 0.15) is 0 Å². The maximum Gasteiger partial charge on any atom is 0.0715 e. The monoisotopic (exact) mass is 1170 g/mol. The summed E-state index contributed by atoms with van der Waals surface area (Å²) in [5.74, 6) is 0. The highest BCUT2D eigenvalue weighted by atomic mass is 15.2. The molecule has 0 radical (unpaired) electrons. The fourth-order valence-electron chi connectivity index (χ4n) is 13.8. The molecule has 13 aromatic rings. The Morgan fingerprint density at radius 1 is 0.231 bits per heavy atom. The van der Waals surface area contributed by atoms with E-state index < -0.39 is 5.41 Å². The van der Waals surface area contributed by atoms with Crippen LogP contribution in [0.1, 0.15) is 55.6 Å². The van der Waals surface area contributed by atoms with E-state index in [-0.39, 0.29) is 0 Å². The second kappa shape index (κ2) is 24.6. The van der Waals surface area contributed by atoms with Gasteiger partial charge in [-0.05, 0) is 232 Å². The van der Waals surface area contributed by atoms with Crippen molar-refractivity contribution in [2.45, 2.75) is 31.1 Å². The molecule has 0 fully saturated rings. The normalized spacial score (nSPS) is 12.6. The average Bonchev–Trinajstić information content (AvgIpc) is 1.56. The number of hydrogen-bond donors (Lipinski definition) is 0. The van der Waals surface area contributed by atoms with Crippen LogP contribution < -0.4 is 19.6 Å². The molecule has 0 spiro atoms. The van der Waals surface area contributed by atoms with Crippen molar-refractivity contribution in [3.05, 3.63) is 396 Å². The molecular formula is C87H68N4. The van der Waals surface area contributed by atoms with Gasteiger partial charge in [-0.2, -0.15) is 0 Å². The molecule has 0 saturated heterocycles. The zero-order chi connectivity index (χ0) is 61.1. The zero-order valence-electron chi connectivity index (χ0n) is 50.9. The maximum absolute atomic E-state index is 3.90. The second-order valence-corrected chi connectivity index (χ2v) is 23.6. The van der Waals surface area contributed by atoms with E-state index in [9.17, 15) is 0 Å². The van der Waals surface area contributed by atoms with Gasteiger partial charge in [-0.1, -0.05) is 213 Å². The van der Waals surface area contributed by atoms with Crippen molar-refractivity contribution < 1.29 is 0 Å². The summed E-state index contributed by atoms with van der Waals surface area (Å²) in [5, 5.41) is 0. The van der Waals surface area contributed by atoms with Crippen molar-refractivity contribution in [2.24, 2.45) is 0 Å². The van der Waals surface area contributed by atoms with Crippen molar-refractivity contribution in [3.8, 4) is 11.1 Å². The van der Waals surface area contributed by atoms with E-state index >= 15 is 0 Å². The molecule has 3 aliphatic carbocycles. The lowest BCUT2D eigenvalue weighted by atomic mass is 9.65. The van der Waals surface area contributed by atoms with Crippen molar-refractivity contribution in [1.29, 1.82) is 0 Å². The Kier molecular flexibility index (Phi) is 15.2. The lowest BCUT2D eigenvalue weighted by molar-refractivity contribution is 0.740. The summed E-state index contributed by atoms with van der Waals surface area (Å²) in [7, 11) is 0. The summed E-state index contributed by atoms with van der Waals surface area (Å²) in [5.41, 5.74) is 28.9. The van der Waals surface area contributed by atoms with Crippen LogP contribution in [0.4, 0.5) is 68.2 Å². The highest BCUT2D eigenvalue weighted by molar-refractivity contribution is 5.92. The number of nitrogens with zero attached hydrogens (tertiary/aromatic N) is 4. The predicted octanol–water partition coefficient (Wildman–Crippen LogP) is 23.1. The van der Waals surface area contributed by atoms with Crippen LogP contribution in [0.2, 0.25) is 0 Å². The molecule has 436 valence electrons. The maximum atomic E-state index is 3.90. The van der Waals surface area contributed by atoms with E-state index in [0.29, 0.717) is 0 Å². The fourth-order valence-corrected chi connectivity index (χ4v) is 13.8. The molecule has 0 amide bonds. The van der Waals surface area contributed by atoms with Gasteiger partial charge in [-0.25, -0.2) is 0 Å². The zero-order valence-corrected chi connectivity index (χ0v) is 50.9. The van der Waals surface area contributed by atoms with Crippen molar-refractivity contribution >= 4 is 80.4 Å². The molecule has 0 N–H and O–H groups in total. The molecule has 91 heavy (non-hydrogen) atoms. The van der Waals surface area contributed by atoms with E-state index in [1.807, 2.05) is 24.3 Å². The Labute approximate surface area is 535 Å². The van der Waals surface area contributed by atoms with E-state index in [2.05, 4.69) is 348 Å². The van der Waals surface area contributed by atoms with Crippen LogP contribution in [0.3, 0.4) is 0 Å². The third-order valence-corrected chi connectivity index (χ3v) is 18.4. The summed E-state index contributed by atoms with van der Waals surface area (Å²) in [4.78, 5) is 9.36. The topological polar surface area (TPSA) is 13.0 Å². The average molecular weight is 1170 g/mol. The van der Waals surface area contributed by atoms with Crippen LogP contribution in [-0.4, -0.2) is 0 Å². The summed E-state index contributed by atoms with van der Waals surface area (Å²) in [6.45, 7) is 7.79. The van der Waals surface area contributed by atoms with Gasteiger partial charge in [0, 0.05) is 68.2 Å². The predicted molar refractivity (Wildman–Crippen MR) is 384 cm³/mol. The van der Waals surface area contributed by atoms with Gasteiger partial charge in [0.05, 0.1) is 5.41 Å². The molecule has 0 unspecified atom stereocenters. The van der Waals surface area contributed by atoms with Gasteiger partial charge < -0.3 is 19.6 Å². The lowest BCUT2D eigenvalue weighted by Gasteiger charge is -2.38. The number of rotatable bonds is 16. The summed E-state index contributed by atoms with van der Waals surface area (Å²) in [6, 6.07) is 119. The SMILES string of the molecule is C=Cc1ccc(N(c2ccccc2)c2cccc(N(c3ccccc3)c3ccc(C=C)cc3)c2)cc1.c1ccc(N(c2ccccc2)c2ccc3c(c2)C(c2ccc4c(c2)CC4)(c2ccc4c(c2)CC4)c2cc(N(c4ccccc4)c4ccccc4)ccc2-3)cc1. The smallest absolute Gasteiger partial charge is 0.0715 e. The Morgan fingerprint density at radius 3 is 0.769 bits per heavy atom. The molecule has 0 atom stereocenters. The van der Waals surface area contributed by atoms with Crippen molar-refractivity contribution in [3.63, 3.8) is 0 Å². The minimum Gasteiger partial charge on any atom is -0.310 e. The van der Waals surface area contributed by atoms with Crippen LogP contribution in [0, 0.1) is 0 Å². The van der Waals surface area contributed by atoms with Crippen LogP contribution in [-0.2, 0) is 31.1 Å². The van der Waals surface area contributed by atoms with Crippen LogP contribution >= 0.6 is 0 Å². The number of para-hydroxylation sites is 6. The third-order valence-electron chi connectivity index (χ3n) is 18.4. The minimum atomic E-state index is -0.538. The first-order valence-electron chi connectivity index (χ1n) is 31.6. The first-order valence-corrected chi connectivity index (χ1v) is 31.6. The quantitative estimate of drug-likeness (QED) is 0.0956. The van der Waals surface area contributed by atoms with Crippen molar-refractivity contribution in [2.75, 3.05) is 19.6 Å². The summed E-state index contributed by atoms with van der Waals surface area (Å²) >= 11 is 0. The first-order chi connectivity index (χ1) is 45.0. The van der Waals surface area contributed by atoms with Crippen molar-refractivity contribution in [1.82, 2.24) is 0 Å². The number of benzene rings is 13. The minimum absolute atomic E-state index is 0.538. The molecule has 4 nitrogen and oxygen atoms in total. The van der Waals surface area contributed by atoms with E-state index in [4.69, 9.17) is 0 Å². The highest BCUT2D eigenvalue weighted by Gasteiger charge is 2.48. The van der Waals surface area contributed by atoms with Gasteiger partial charge >= 0.3 is 0 Å². The number of hydrogen-bond acceptors (Lipinski definition) is 4. The molecule has 4 heteroatoms. The molecule has 16 rings (SSSR count). The molecule has 0 saturated carbocycles. The van der Waals surface area contributed by atoms with E-state index in [0.717, 1.165) is 105 Å². The van der Waals surface area contributed by atoms with E-state index in [1.165, 1.54) is 55.6 Å². The standard InChI is InChI=1S/C53H40N2.C34H28N2/c1-5-13-43(14-6-1)54(44-15-7-2-8-16-44)47-29-31-49-50-32-30-48(55(45-17-9-3-10-18-45)46-19-11-4-12-20-46)36-52(50)53(51(49)35-47,41-27-25-37-21-23-39(37)33-41)42-28-26-38-22-24-40(38)34-42;1-3-27-18-22-31(23-19-27)35(29-12-7-5-8-13-29)33-16-11-17-34(26-33)36(30-14-9-6-10-15-30)32-24-20-28(4-2)21-25-32/h1-20,25-36H,21-24H2;3-26H,1-2H2. The van der Waals surface area contributed by atoms with Crippen LogP contribution in [0.25, 0.3) is 23.3 Å². The molecule has 3 aliphatic rings. The lowest BCUT2D eigenvalue weighted by Crippen LogP contribution is -2.31. The van der Waals surface area contributed by atoms with Gasteiger partial charge in [0.15, 0.2) is 0 Å². The van der Waals surface area contributed by atoms with Crippen LogP contribution in [0.5, 0.6) is 0 Å². The third kappa shape index (κ3) is 10.6. The largest absolute Gasteiger partial charge is 0.310 e. The molecule has 0 aromatic heterocycles. The first kappa shape index (κ1) is 56.1. The number of anilines is 12. The van der Waals surface area contributed by atoms with Gasteiger partial charge in [-0.3, -0.25) is 0 Å². The summed E-state index contributed by atoms with van der Waals surface area (Å²) in [6.07, 6.45) is 8.33. The Balaban J connectivity index is 0.000000166. The molecule has 13 aromatic carbocycles. The Bertz CT molecular complexity index is 4340. The molecular weight excluding hydrogens is 1100 g/mol. The van der Waals surface area contributed by atoms with Crippen LogP contribution in [0.15, 0.2) is 341 Å². The second-order valence-electron chi connectivity index (χ2n) is 23.6. The number of aryl methyl sites for hydroxylation is 4. The Hall–Kier alpha value is -11.5. The number of fused-ring (bicyclic) bond motifs is 5. The summed E-state index contributed by atoms with van der Waals surface area (Å²) < 4.78 is 0. The van der Waals surface area contributed by atoms with Gasteiger partial charge in [0.25, 0.3) is 0 Å². The van der Waals surface area contributed by atoms with Gasteiger partial charge in [-0.15, -0.1) is 0 Å². The highest BCUT2D eigenvalue weighted by Crippen LogP contribution is 2.59. The van der Waals surface area contributed by atoms with Gasteiger partial charge in [0.2, 0.25) is 0 Å². The Morgan fingerprint density at radius 2 is 0.495 bits per heavy atom. The fraction of sp³-hybridized carbons (Fsp3) is 0.0575. The molecule has 0 aliphatic heterocycles. The molecule has 0 heterocycles. The van der Waals surface area contributed by atoms with E-state index in [1.54, 1.807) is 0 Å².